The van der Waals surface area contributed by atoms with E-state index >= 15 is 0 Å². The summed E-state index contributed by atoms with van der Waals surface area (Å²) in [5, 5.41) is 11.6. The quantitative estimate of drug-likeness (QED) is 0.405. The van der Waals surface area contributed by atoms with Crippen molar-refractivity contribution < 1.29 is 5.21 Å². The van der Waals surface area contributed by atoms with Crippen LogP contribution in [0.2, 0.25) is 0 Å². The third kappa shape index (κ3) is 2.38. The first-order valence-electron chi connectivity index (χ1n) is 3.95. The van der Waals surface area contributed by atoms with Crippen molar-refractivity contribution in [1.82, 2.24) is 0 Å². The van der Waals surface area contributed by atoms with Crippen molar-refractivity contribution in [1.29, 1.82) is 0 Å². The van der Waals surface area contributed by atoms with Gasteiger partial charge >= 0.3 is 0 Å². The van der Waals surface area contributed by atoms with E-state index in [4.69, 9.17) is 5.21 Å². The zero-order valence-corrected chi connectivity index (χ0v) is 7.41. The number of nitrogens with zero attached hydrogens (tertiary/aromatic N) is 1. The van der Waals surface area contributed by atoms with Gasteiger partial charge in [-0.05, 0) is 19.4 Å². The van der Waals surface area contributed by atoms with Crippen molar-refractivity contribution in [3.05, 3.63) is 35.4 Å². The predicted molar refractivity (Wildman–Crippen MR) is 49.8 cm³/mol. The van der Waals surface area contributed by atoms with Crippen LogP contribution in [0, 0.1) is 6.92 Å². The van der Waals surface area contributed by atoms with Crippen molar-refractivity contribution in [3.63, 3.8) is 0 Å². The van der Waals surface area contributed by atoms with Gasteiger partial charge < -0.3 is 5.21 Å². The van der Waals surface area contributed by atoms with Crippen LogP contribution in [0.25, 0.3) is 0 Å². The second kappa shape index (κ2) is 3.90. The van der Waals surface area contributed by atoms with Gasteiger partial charge in [0, 0.05) is 6.42 Å². The molecule has 0 aliphatic carbocycles. The molecule has 12 heavy (non-hydrogen) atoms. The highest BCUT2D eigenvalue weighted by Gasteiger charge is 1.94. The normalized spacial score (nSPS) is 11.7. The van der Waals surface area contributed by atoms with E-state index in [1.165, 1.54) is 11.1 Å². The van der Waals surface area contributed by atoms with E-state index in [-0.39, 0.29) is 0 Å². The SMILES string of the molecule is C/C(Cc1ccc(C)cc1)=N\O. The lowest BCUT2D eigenvalue weighted by Crippen LogP contribution is -1.96. The molecule has 2 nitrogen and oxygen atoms in total. The molecule has 0 heterocycles. The summed E-state index contributed by atoms with van der Waals surface area (Å²) < 4.78 is 0. The van der Waals surface area contributed by atoms with Gasteiger partial charge in [0.2, 0.25) is 0 Å². The summed E-state index contributed by atoms with van der Waals surface area (Å²) in [4.78, 5) is 0. The Kier molecular flexibility index (Phi) is 2.86. The van der Waals surface area contributed by atoms with Crippen LogP contribution < -0.4 is 0 Å². The summed E-state index contributed by atoms with van der Waals surface area (Å²) in [6.45, 7) is 3.86. The summed E-state index contributed by atoms with van der Waals surface area (Å²) in [6.07, 6.45) is 0.719. The lowest BCUT2D eigenvalue weighted by molar-refractivity contribution is 0.317. The van der Waals surface area contributed by atoms with E-state index in [2.05, 4.69) is 24.2 Å². The summed E-state index contributed by atoms with van der Waals surface area (Å²) in [5.41, 5.74) is 3.16. The lowest BCUT2D eigenvalue weighted by Gasteiger charge is -1.99. The summed E-state index contributed by atoms with van der Waals surface area (Å²) in [5.74, 6) is 0. The third-order valence-corrected chi connectivity index (χ3v) is 1.75. The lowest BCUT2D eigenvalue weighted by atomic mass is 10.1. The molecule has 0 aliphatic heterocycles. The zero-order chi connectivity index (χ0) is 8.97. The van der Waals surface area contributed by atoms with Crippen LogP contribution in [0.4, 0.5) is 0 Å². The fourth-order valence-electron chi connectivity index (χ4n) is 1.04. The molecule has 0 amide bonds. The number of hydrogen-bond acceptors (Lipinski definition) is 2. The van der Waals surface area contributed by atoms with Gasteiger partial charge in [-0.2, -0.15) is 0 Å². The second-order valence-corrected chi connectivity index (χ2v) is 3.00. The Morgan fingerprint density at radius 3 is 2.42 bits per heavy atom. The molecule has 1 rings (SSSR count). The highest BCUT2D eigenvalue weighted by atomic mass is 16.4. The maximum Gasteiger partial charge on any atom is 0.0583 e. The third-order valence-electron chi connectivity index (χ3n) is 1.75. The van der Waals surface area contributed by atoms with E-state index in [1.807, 2.05) is 12.1 Å². The molecule has 0 aromatic heterocycles. The minimum Gasteiger partial charge on any atom is -0.411 e. The highest BCUT2D eigenvalue weighted by molar-refractivity contribution is 5.83. The molecule has 0 radical (unpaired) electrons. The Hall–Kier alpha value is -1.31. The molecule has 0 saturated carbocycles. The maximum absolute atomic E-state index is 8.44. The van der Waals surface area contributed by atoms with Gasteiger partial charge in [-0.15, -0.1) is 0 Å². The van der Waals surface area contributed by atoms with Crippen molar-refractivity contribution in [2.75, 3.05) is 0 Å². The van der Waals surface area contributed by atoms with Gasteiger partial charge in [0.25, 0.3) is 0 Å². The fraction of sp³-hybridized carbons (Fsp3) is 0.300. The molecular weight excluding hydrogens is 150 g/mol. The topological polar surface area (TPSA) is 32.6 Å². The largest absolute Gasteiger partial charge is 0.411 e. The first-order valence-corrected chi connectivity index (χ1v) is 3.95. The second-order valence-electron chi connectivity index (χ2n) is 3.00. The molecule has 1 aromatic rings. The molecule has 0 unspecified atom stereocenters. The molecule has 64 valence electrons. The Morgan fingerprint density at radius 1 is 1.33 bits per heavy atom. The summed E-state index contributed by atoms with van der Waals surface area (Å²) in [7, 11) is 0. The molecule has 0 saturated heterocycles. The van der Waals surface area contributed by atoms with Crippen molar-refractivity contribution in [2.24, 2.45) is 5.16 Å². The molecule has 0 bridgehead atoms. The average Bonchev–Trinajstić information content (AvgIpc) is 2.09. The van der Waals surface area contributed by atoms with Gasteiger partial charge in [0.05, 0.1) is 5.71 Å². The standard InChI is InChI=1S/C10H13NO/c1-8-3-5-10(6-4-8)7-9(2)11-12/h3-6,12H,7H2,1-2H3/b11-9+. The zero-order valence-electron chi connectivity index (χ0n) is 7.41. The maximum atomic E-state index is 8.44. The molecule has 1 N–H and O–H groups in total. The number of oxime groups is 1. The summed E-state index contributed by atoms with van der Waals surface area (Å²) in [6, 6.07) is 8.20. The van der Waals surface area contributed by atoms with Gasteiger partial charge in [0.1, 0.15) is 0 Å². The van der Waals surface area contributed by atoms with E-state index in [9.17, 15) is 0 Å². The minimum absolute atomic E-state index is 0.719. The van der Waals surface area contributed by atoms with Gasteiger partial charge in [0.15, 0.2) is 0 Å². The molecular formula is C10H13NO. The van der Waals surface area contributed by atoms with Crippen LogP contribution in [0.1, 0.15) is 18.1 Å². The van der Waals surface area contributed by atoms with Crippen LogP contribution >= 0.6 is 0 Å². The monoisotopic (exact) mass is 163 g/mol. The molecule has 0 fully saturated rings. The Labute approximate surface area is 72.5 Å². The van der Waals surface area contributed by atoms with Gasteiger partial charge in [-0.3, -0.25) is 0 Å². The smallest absolute Gasteiger partial charge is 0.0583 e. The van der Waals surface area contributed by atoms with Crippen LogP contribution in [0.5, 0.6) is 0 Å². The molecule has 0 aliphatic rings. The average molecular weight is 163 g/mol. The van der Waals surface area contributed by atoms with Crippen molar-refractivity contribution in [2.45, 2.75) is 20.3 Å². The van der Waals surface area contributed by atoms with Crippen LogP contribution in [0.15, 0.2) is 29.4 Å². The Balaban J connectivity index is 2.71. The first-order chi connectivity index (χ1) is 5.72. The van der Waals surface area contributed by atoms with Crippen molar-refractivity contribution >= 4 is 5.71 Å². The van der Waals surface area contributed by atoms with Crippen LogP contribution in [-0.2, 0) is 6.42 Å². The number of rotatable bonds is 2. The number of aryl methyl sites for hydroxylation is 1. The van der Waals surface area contributed by atoms with Gasteiger partial charge in [-0.25, -0.2) is 0 Å². The van der Waals surface area contributed by atoms with E-state index in [1.54, 1.807) is 6.92 Å². The number of hydrogen-bond donors (Lipinski definition) is 1. The van der Waals surface area contributed by atoms with Crippen molar-refractivity contribution in [3.8, 4) is 0 Å². The first kappa shape index (κ1) is 8.78. The fourth-order valence-corrected chi connectivity index (χ4v) is 1.04. The van der Waals surface area contributed by atoms with Gasteiger partial charge in [-0.1, -0.05) is 35.0 Å². The van der Waals surface area contributed by atoms with E-state index in [0.29, 0.717) is 0 Å². The Bertz CT molecular complexity index is 274. The highest BCUT2D eigenvalue weighted by Crippen LogP contribution is 2.04. The van der Waals surface area contributed by atoms with Crippen LogP contribution in [-0.4, -0.2) is 10.9 Å². The van der Waals surface area contributed by atoms with E-state index in [0.717, 1.165) is 12.1 Å². The molecule has 1 aromatic carbocycles. The minimum atomic E-state index is 0.719. The van der Waals surface area contributed by atoms with E-state index < -0.39 is 0 Å². The van der Waals surface area contributed by atoms with Crippen LogP contribution in [0.3, 0.4) is 0 Å². The number of benzene rings is 1. The molecule has 0 spiro atoms. The Morgan fingerprint density at radius 2 is 1.92 bits per heavy atom. The predicted octanol–water partition coefficient (Wildman–Crippen LogP) is 2.39. The molecule has 0 atom stereocenters. The molecule has 2 heteroatoms. The summed E-state index contributed by atoms with van der Waals surface area (Å²) >= 11 is 0.